The van der Waals surface area contributed by atoms with Crippen molar-refractivity contribution in [1.82, 2.24) is 4.90 Å². The van der Waals surface area contributed by atoms with E-state index in [1.165, 1.54) is 0 Å². The van der Waals surface area contributed by atoms with Crippen LogP contribution in [0.25, 0.3) is 0 Å². The molecule has 1 atom stereocenters. The van der Waals surface area contributed by atoms with Crippen molar-refractivity contribution in [3.63, 3.8) is 0 Å². The van der Waals surface area contributed by atoms with Crippen LogP contribution in [0.2, 0.25) is 10.0 Å². The minimum absolute atomic E-state index is 0.114. The van der Waals surface area contributed by atoms with Crippen LogP contribution in [-0.2, 0) is 9.53 Å². The molecule has 0 aliphatic carbocycles. The molecule has 0 aromatic heterocycles. The molecule has 0 saturated carbocycles. The molecule has 1 heterocycles. The Morgan fingerprint density at radius 1 is 1.16 bits per heavy atom. The number of halogens is 2. The van der Waals surface area contributed by atoms with Gasteiger partial charge in [-0.25, -0.2) is 0 Å². The summed E-state index contributed by atoms with van der Waals surface area (Å²) in [7, 11) is 0. The molecule has 0 spiro atoms. The first-order valence-corrected chi connectivity index (χ1v) is 8.94. The minimum atomic E-state index is -0.492. The lowest BCUT2D eigenvalue weighted by Gasteiger charge is -2.34. The van der Waals surface area contributed by atoms with Gasteiger partial charge in [-0.05, 0) is 42.3 Å². The van der Waals surface area contributed by atoms with Crippen LogP contribution in [0.5, 0.6) is 0 Å². The maximum atomic E-state index is 13.1. The number of hydrogen-bond acceptors (Lipinski definition) is 3. The SMILES string of the molecule is Cc1cccc(NC(=O)C(c2ccc(Cl)cc2Cl)N2CCOCC2)c1. The Labute approximate surface area is 157 Å². The van der Waals surface area contributed by atoms with E-state index in [-0.39, 0.29) is 5.91 Å². The van der Waals surface area contributed by atoms with E-state index in [2.05, 4.69) is 10.2 Å². The first-order valence-electron chi connectivity index (χ1n) is 8.19. The number of carbonyl (C=O) groups is 1. The number of aryl methyl sites for hydroxylation is 1. The molecule has 0 radical (unpaired) electrons. The maximum absolute atomic E-state index is 13.1. The Bertz CT molecular complexity index is 761. The summed E-state index contributed by atoms with van der Waals surface area (Å²) in [5, 5.41) is 4.05. The van der Waals surface area contributed by atoms with Crippen LogP contribution in [0.4, 0.5) is 5.69 Å². The van der Waals surface area contributed by atoms with E-state index in [0.29, 0.717) is 36.3 Å². The molecule has 1 unspecified atom stereocenters. The molecule has 1 fully saturated rings. The largest absolute Gasteiger partial charge is 0.379 e. The van der Waals surface area contributed by atoms with Crippen LogP contribution in [-0.4, -0.2) is 37.1 Å². The summed E-state index contributed by atoms with van der Waals surface area (Å²) >= 11 is 12.4. The number of hydrogen-bond donors (Lipinski definition) is 1. The van der Waals surface area contributed by atoms with Crippen LogP contribution in [0, 0.1) is 6.92 Å². The molecule has 1 aliphatic rings. The second-order valence-corrected chi connectivity index (χ2v) is 6.92. The summed E-state index contributed by atoms with van der Waals surface area (Å²) < 4.78 is 5.42. The molecule has 4 nitrogen and oxygen atoms in total. The highest BCUT2D eigenvalue weighted by atomic mass is 35.5. The van der Waals surface area contributed by atoms with Crippen molar-refractivity contribution >= 4 is 34.8 Å². The van der Waals surface area contributed by atoms with Crippen molar-refractivity contribution in [3.8, 4) is 0 Å². The Balaban J connectivity index is 1.91. The van der Waals surface area contributed by atoms with Crippen molar-refractivity contribution < 1.29 is 9.53 Å². The first kappa shape index (κ1) is 18.2. The molecule has 0 bridgehead atoms. The molecule has 132 valence electrons. The molecule has 2 aromatic carbocycles. The van der Waals surface area contributed by atoms with Crippen molar-refractivity contribution in [2.45, 2.75) is 13.0 Å². The zero-order valence-electron chi connectivity index (χ0n) is 14.0. The van der Waals surface area contributed by atoms with E-state index in [4.69, 9.17) is 27.9 Å². The fourth-order valence-electron chi connectivity index (χ4n) is 3.00. The van der Waals surface area contributed by atoms with Gasteiger partial charge >= 0.3 is 0 Å². The number of anilines is 1. The van der Waals surface area contributed by atoms with E-state index < -0.39 is 6.04 Å². The highest BCUT2D eigenvalue weighted by Crippen LogP contribution is 2.31. The average molecular weight is 379 g/mol. The van der Waals surface area contributed by atoms with Crippen LogP contribution < -0.4 is 5.32 Å². The van der Waals surface area contributed by atoms with Crippen LogP contribution in [0.15, 0.2) is 42.5 Å². The smallest absolute Gasteiger partial charge is 0.246 e. The molecule has 2 aromatic rings. The highest BCUT2D eigenvalue weighted by molar-refractivity contribution is 6.35. The van der Waals surface area contributed by atoms with Gasteiger partial charge in [-0.2, -0.15) is 0 Å². The third-order valence-corrected chi connectivity index (χ3v) is 4.76. The van der Waals surface area contributed by atoms with Gasteiger partial charge in [0.05, 0.1) is 13.2 Å². The quantitative estimate of drug-likeness (QED) is 0.861. The van der Waals surface area contributed by atoms with Gasteiger partial charge in [-0.3, -0.25) is 9.69 Å². The Morgan fingerprint density at radius 2 is 1.92 bits per heavy atom. The zero-order valence-corrected chi connectivity index (χ0v) is 15.5. The van der Waals surface area contributed by atoms with Crippen molar-refractivity contribution in [2.24, 2.45) is 0 Å². The third-order valence-electron chi connectivity index (χ3n) is 4.20. The molecular weight excluding hydrogens is 359 g/mol. The standard InChI is InChI=1S/C19H20Cl2N2O2/c1-13-3-2-4-15(11-13)22-19(24)18(23-7-9-25-10-8-23)16-6-5-14(20)12-17(16)21/h2-6,11-12,18H,7-10H2,1H3,(H,22,24). The maximum Gasteiger partial charge on any atom is 0.246 e. The van der Waals surface area contributed by atoms with Gasteiger partial charge in [-0.1, -0.05) is 41.4 Å². The summed E-state index contributed by atoms with van der Waals surface area (Å²) in [5.74, 6) is -0.114. The van der Waals surface area contributed by atoms with Gasteiger partial charge in [0.2, 0.25) is 5.91 Å². The normalized spacial score (nSPS) is 16.4. The van der Waals surface area contributed by atoms with E-state index in [1.54, 1.807) is 12.1 Å². The van der Waals surface area contributed by atoms with Gasteiger partial charge in [-0.15, -0.1) is 0 Å². The summed E-state index contributed by atoms with van der Waals surface area (Å²) in [6.45, 7) is 4.53. The Hall–Kier alpha value is -1.59. The Morgan fingerprint density at radius 3 is 2.60 bits per heavy atom. The van der Waals surface area contributed by atoms with Crippen LogP contribution in [0.3, 0.4) is 0 Å². The van der Waals surface area contributed by atoms with E-state index in [1.807, 2.05) is 37.3 Å². The first-order chi connectivity index (χ1) is 12.0. The summed E-state index contributed by atoms with van der Waals surface area (Å²) in [5.41, 5.74) is 2.61. The van der Waals surface area contributed by atoms with Crippen LogP contribution >= 0.6 is 23.2 Å². The van der Waals surface area contributed by atoms with Crippen molar-refractivity contribution in [1.29, 1.82) is 0 Å². The number of ether oxygens (including phenoxy) is 1. The van der Waals surface area contributed by atoms with E-state index >= 15 is 0 Å². The number of morpholine rings is 1. The van der Waals surface area contributed by atoms with Gasteiger partial charge in [0.1, 0.15) is 6.04 Å². The summed E-state index contributed by atoms with van der Waals surface area (Å²) in [6, 6.07) is 12.5. The Kier molecular flexibility index (Phi) is 5.97. The molecule has 25 heavy (non-hydrogen) atoms. The van der Waals surface area contributed by atoms with E-state index in [0.717, 1.165) is 16.8 Å². The molecule has 6 heteroatoms. The summed E-state index contributed by atoms with van der Waals surface area (Å²) in [6.07, 6.45) is 0. The van der Waals surface area contributed by atoms with Crippen molar-refractivity contribution in [2.75, 3.05) is 31.6 Å². The summed E-state index contributed by atoms with van der Waals surface area (Å²) in [4.78, 5) is 15.2. The second-order valence-electron chi connectivity index (χ2n) is 6.08. The molecule has 1 amide bonds. The molecule has 1 N–H and O–H groups in total. The number of amides is 1. The van der Waals surface area contributed by atoms with Crippen LogP contribution in [0.1, 0.15) is 17.2 Å². The van der Waals surface area contributed by atoms with Crippen molar-refractivity contribution in [3.05, 3.63) is 63.6 Å². The predicted molar refractivity (Wildman–Crippen MR) is 101 cm³/mol. The fourth-order valence-corrected chi connectivity index (χ4v) is 3.51. The highest BCUT2D eigenvalue weighted by Gasteiger charge is 2.30. The van der Waals surface area contributed by atoms with Gasteiger partial charge in [0, 0.05) is 28.8 Å². The predicted octanol–water partition coefficient (Wildman–Crippen LogP) is 4.31. The monoisotopic (exact) mass is 378 g/mol. The molecular formula is C19H20Cl2N2O2. The lowest BCUT2D eigenvalue weighted by atomic mass is 10.0. The zero-order chi connectivity index (χ0) is 17.8. The third kappa shape index (κ3) is 4.53. The minimum Gasteiger partial charge on any atom is -0.379 e. The number of nitrogens with one attached hydrogen (secondary N) is 1. The van der Waals surface area contributed by atoms with E-state index in [9.17, 15) is 4.79 Å². The number of rotatable bonds is 4. The molecule has 1 saturated heterocycles. The van der Waals surface area contributed by atoms with Gasteiger partial charge in [0.15, 0.2) is 0 Å². The molecule has 3 rings (SSSR count). The van der Waals surface area contributed by atoms with Gasteiger partial charge in [0.25, 0.3) is 0 Å². The fraction of sp³-hybridized carbons (Fsp3) is 0.316. The second kappa shape index (κ2) is 8.19. The van der Waals surface area contributed by atoms with Gasteiger partial charge < -0.3 is 10.1 Å². The number of benzene rings is 2. The number of nitrogens with zero attached hydrogens (tertiary/aromatic N) is 1. The molecule has 1 aliphatic heterocycles. The average Bonchev–Trinajstić information content (AvgIpc) is 2.58. The topological polar surface area (TPSA) is 41.6 Å². The lowest BCUT2D eigenvalue weighted by molar-refractivity contribution is -0.123. The lowest BCUT2D eigenvalue weighted by Crippen LogP contribution is -2.44. The number of carbonyl (C=O) groups excluding carboxylic acids is 1.